The summed E-state index contributed by atoms with van der Waals surface area (Å²) < 4.78 is 44.8. The zero-order valence-electron chi connectivity index (χ0n) is 17.3. The molecule has 0 saturated heterocycles. The molecule has 1 amide bonds. The summed E-state index contributed by atoms with van der Waals surface area (Å²) in [5, 5.41) is 2.77. The van der Waals surface area contributed by atoms with Crippen LogP contribution in [-0.2, 0) is 10.0 Å². The highest BCUT2D eigenvalue weighted by atomic mass is 32.2. The number of methoxy groups -OCH3 is 1. The van der Waals surface area contributed by atoms with Crippen molar-refractivity contribution in [3.63, 3.8) is 0 Å². The molecule has 166 valence electrons. The fourth-order valence-corrected chi connectivity index (χ4v) is 4.33. The first-order valence-electron chi connectivity index (χ1n) is 9.89. The van der Waals surface area contributed by atoms with E-state index in [1.807, 2.05) is 18.2 Å². The Morgan fingerprint density at radius 2 is 1.78 bits per heavy atom. The molecule has 9 heteroatoms. The molecule has 1 aliphatic rings. The molecule has 1 aliphatic heterocycles. The van der Waals surface area contributed by atoms with E-state index in [4.69, 9.17) is 14.2 Å². The normalized spacial score (nSPS) is 15.0. The van der Waals surface area contributed by atoms with Crippen LogP contribution in [0.4, 0.5) is 5.69 Å². The van der Waals surface area contributed by atoms with Gasteiger partial charge in [-0.15, -0.1) is 0 Å². The SMILES string of the molecule is COc1ccccc1NS(=O)(=O)c1cccc(C(=O)NCC2COc3ccccc3O2)c1. The molecular weight excluding hydrogens is 432 g/mol. The van der Waals surface area contributed by atoms with E-state index >= 15 is 0 Å². The second-order valence-corrected chi connectivity index (χ2v) is 8.72. The van der Waals surface area contributed by atoms with Crippen LogP contribution in [0.15, 0.2) is 77.7 Å². The van der Waals surface area contributed by atoms with Crippen molar-refractivity contribution in [1.82, 2.24) is 5.32 Å². The monoisotopic (exact) mass is 454 g/mol. The van der Waals surface area contributed by atoms with Crippen LogP contribution in [0.2, 0.25) is 0 Å². The number of benzene rings is 3. The van der Waals surface area contributed by atoms with Crippen molar-refractivity contribution in [2.75, 3.05) is 25.0 Å². The van der Waals surface area contributed by atoms with Gasteiger partial charge in [0.05, 0.1) is 24.2 Å². The Labute approximate surface area is 186 Å². The number of ether oxygens (including phenoxy) is 3. The maximum Gasteiger partial charge on any atom is 0.262 e. The summed E-state index contributed by atoms with van der Waals surface area (Å²) in [7, 11) is -2.47. The summed E-state index contributed by atoms with van der Waals surface area (Å²) in [5.74, 6) is 1.26. The molecule has 1 atom stereocenters. The molecular formula is C23H22N2O6S. The number of hydrogen-bond donors (Lipinski definition) is 2. The Kier molecular flexibility index (Phi) is 6.18. The van der Waals surface area contributed by atoms with Gasteiger partial charge in [-0.3, -0.25) is 9.52 Å². The maximum atomic E-state index is 12.8. The molecule has 0 aromatic heterocycles. The first-order valence-corrected chi connectivity index (χ1v) is 11.4. The highest BCUT2D eigenvalue weighted by molar-refractivity contribution is 7.92. The van der Waals surface area contributed by atoms with Gasteiger partial charge >= 0.3 is 0 Å². The zero-order chi connectivity index (χ0) is 22.6. The predicted molar refractivity (Wildman–Crippen MR) is 119 cm³/mol. The molecule has 32 heavy (non-hydrogen) atoms. The van der Waals surface area contributed by atoms with E-state index in [1.54, 1.807) is 36.4 Å². The molecule has 3 aromatic carbocycles. The Balaban J connectivity index is 1.42. The molecule has 0 bridgehead atoms. The van der Waals surface area contributed by atoms with Gasteiger partial charge in [0, 0.05) is 5.56 Å². The molecule has 3 aromatic rings. The van der Waals surface area contributed by atoms with Crippen LogP contribution in [0.1, 0.15) is 10.4 Å². The minimum atomic E-state index is -3.93. The summed E-state index contributed by atoms with van der Waals surface area (Å²) in [6.07, 6.45) is -0.354. The fraction of sp³-hybridized carbons (Fsp3) is 0.174. The zero-order valence-corrected chi connectivity index (χ0v) is 18.1. The van der Waals surface area contributed by atoms with Gasteiger partial charge in [0.2, 0.25) is 0 Å². The van der Waals surface area contributed by atoms with Gasteiger partial charge in [0.25, 0.3) is 15.9 Å². The lowest BCUT2D eigenvalue weighted by Crippen LogP contribution is -2.40. The number of anilines is 1. The van der Waals surface area contributed by atoms with Gasteiger partial charge in [0.1, 0.15) is 18.5 Å². The van der Waals surface area contributed by atoms with Crippen LogP contribution in [0.25, 0.3) is 0 Å². The van der Waals surface area contributed by atoms with Gasteiger partial charge in [-0.25, -0.2) is 8.42 Å². The second kappa shape index (κ2) is 9.19. The maximum absolute atomic E-state index is 12.8. The molecule has 1 heterocycles. The lowest BCUT2D eigenvalue weighted by Gasteiger charge is -2.26. The first kappa shape index (κ1) is 21.5. The van der Waals surface area contributed by atoms with Crippen molar-refractivity contribution < 1.29 is 27.4 Å². The molecule has 0 fully saturated rings. The van der Waals surface area contributed by atoms with E-state index in [0.717, 1.165) is 0 Å². The highest BCUT2D eigenvalue weighted by Gasteiger charge is 2.22. The van der Waals surface area contributed by atoms with Crippen molar-refractivity contribution in [2.24, 2.45) is 0 Å². The molecule has 0 radical (unpaired) electrons. The first-order chi connectivity index (χ1) is 15.5. The van der Waals surface area contributed by atoms with E-state index in [2.05, 4.69) is 10.0 Å². The summed E-state index contributed by atoms with van der Waals surface area (Å²) in [4.78, 5) is 12.6. The third kappa shape index (κ3) is 4.78. The summed E-state index contributed by atoms with van der Waals surface area (Å²) in [6.45, 7) is 0.512. The molecule has 8 nitrogen and oxygen atoms in total. The standard InChI is InChI=1S/C23H22N2O6S/c1-29-20-10-3-2-9-19(20)25-32(27,28)18-8-6-7-16(13-18)23(26)24-14-17-15-30-21-11-4-5-12-22(21)31-17/h2-13,17,25H,14-15H2,1H3,(H,24,26). The topological polar surface area (TPSA) is 103 Å². The van der Waals surface area contributed by atoms with Crippen molar-refractivity contribution in [3.8, 4) is 17.2 Å². The Bertz CT molecular complexity index is 1230. The third-order valence-corrected chi connectivity index (χ3v) is 6.18. The fourth-order valence-electron chi connectivity index (χ4n) is 3.21. The highest BCUT2D eigenvalue weighted by Crippen LogP contribution is 2.30. The molecule has 4 rings (SSSR count). The van der Waals surface area contributed by atoms with E-state index in [0.29, 0.717) is 29.5 Å². The lowest BCUT2D eigenvalue weighted by molar-refractivity contribution is 0.0789. The number of carbonyl (C=O) groups is 1. The average Bonchev–Trinajstić information content (AvgIpc) is 2.82. The van der Waals surface area contributed by atoms with Crippen molar-refractivity contribution in [1.29, 1.82) is 0 Å². The lowest BCUT2D eigenvalue weighted by atomic mass is 10.2. The van der Waals surface area contributed by atoms with Gasteiger partial charge in [0.15, 0.2) is 11.5 Å². The van der Waals surface area contributed by atoms with E-state index in [1.165, 1.54) is 25.3 Å². The van der Waals surface area contributed by atoms with Crippen LogP contribution in [0.3, 0.4) is 0 Å². The molecule has 1 unspecified atom stereocenters. The van der Waals surface area contributed by atoms with E-state index < -0.39 is 15.9 Å². The predicted octanol–water partition coefficient (Wildman–Crippen LogP) is 3.07. The van der Waals surface area contributed by atoms with Gasteiger partial charge in [-0.05, 0) is 42.5 Å². The van der Waals surface area contributed by atoms with Crippen LogP contribution in [0.5, 0.6) is 17.2 Å². The summed E-state index contributed by atoms with van der Waals surface area (Å²) in [5.41, 5.74) is 0.518. The number of carbonyl (C=O) groups excluding carboxylic acids is 1. The van der Waals surface area contributed by atoms with Crippen LogP contribution >= 0.6 is 0 Å². The number of sulfonamides is 1. The third-order valence-electron chi connectivity index (χ3n) is 4.82. The Morgan fingerprint density at radius 3 is 2.59 bits per heavy atom. The van der Waals surface area contributed by atoms with E-state index in [-0.39, 0.29) is 23.1 Å². The van der Waals surface area contributed by atoms with Gasteiger partial charge < -0.3 is 19.5 Å². The summed E-state index contributed by atoms with van der Waals surface area (Å²) in [6, 6.07) is 19.8. The van der Waals surface area contributed by atoms with Crippen LogP contribution in [0, 0.1) is 0 Å². The molecule has 0 spiro atoms. The van der Waals surface area contributed by atoms with Crippen LogP contribution < -0.4 is 24.2 Å². The number of nitrogens with one attached hydrogen (secondary N) is 2. The number of fused-ring (bicyclic) bond motifs is 1. The van der Waals surface area contributed by atoms with Gasteiger partial charge in [-0.1, -0.05) is 30.3 Å². The van der Waals surface area contributed by atoms with E-state index in [9.17, 15) is 13.2 Å². The van der Waals surface area contributed by atoms with Crippen LogP contribution in [-0.4, -0.2) is 40.7 Å². The molecule has 2 N–H and O–H groups in total. The van der Waals surface area contributed by atoms with Crippen molar-refractivity contribution in [3.05, 3.63) is 78.4 Å². The number of hydrogen-bond acceptors (Lipinski definition) is 6. The number of rotatable bonds is 7. The number of para-hydroxylation sites is 4. The smallest absolute Gasteiger partial charge is 0.262 e. The minimum Gasteiger partial charge on any atom is -0.495 e. The average molecular weight is 455 g/mol. The van der Waals surface area contributed by atoms with Crippen molar-refractivity contribution >= 4 is 21.6 Å². The largest absolute Gasteiger partial charge is 0.495 e. The molecule has 0 saturated carbocycles. The number of amides is 1. The van der Waals surface area contributed by atoms with Crippen molar-refractivity contribution in [2.45, 2.75) is 11.0 Å². The second-order valence-electron chi connectivity index (χ2n) is 7.04. The Morgan fingerprint density at radius 1 is 1.03 bits per heavy atom. The summed E-state index contributed by atoms with van der Waals surface area (Å²) >= 11 is 0. The van der Waals surface area contributed by atoms with Gasteiger partial charge in [-0.2, -0.15) is 0 Å². The Hall–Kier alpha value is -3.72. The minimum absolute atomic E-state index is 0.0396. The quantitative estimate of drug-likeness (QED) is 0.569. The molecule has 0 aliphatic carbocycles.